The maximum Gasteiger partial charge on any atom is 0.220 e. The maximum atomic E-state index is 12.0. The molecule has 1 aliphatic heterocycles. The molecule has 1 aliphatic rings. The third kappa shape index (κ3) is 5.61. The molecule has 0 aliphatic carbocycles. The first kappa shape index (κ1) is 19.5. The molecule has 0 spiro atoms. The van der Waals surface area contributed by atoms with Crippen molar-refractivity contribution in [3.05, 3.63) is 23.8 Å². The van der Waals surface area contributed by atoms with Gasteiger partial charge in [0.1, 0.15) is 0 Å². The van der Waals surface area contributed by atoms with E-state index in [1.54, 1.807) is 14.2 Å². The number of methoxy groups -OCH3 is 2. The average Bonchev–Trinajstić information content (AvgIpc) is 2.67. The van der Waals surface area contributed by atoms with Gasteiger partial charge in [-0.15, -0.1) is 0 Å². The number of amides is 1. The third-order valence-electron chi connectivity index (χ3n) is 4.53. The second-order valence-corrected chi connectivity index (χ2v) is 6.19. The molecule has 6 heteroatoms. The third-order valence-corrected chi connectivity index (χ3v) is 4.53. The Labute approximate surface area is 150 Å². The Morgan fingerprint density at radius 2 is 1.96 bits per heavy atom. The molecule has 2 rings (SSSR count). The zero-order chi connectivity index (χ0) is 18.1. The van der Waals surface area contributed by atoms with Crippen LogP contribution in [0.3, 0.4) is 0 Å². The summed E-state index contributed by atoms with van der Waals surface area (Å²) in [5.41, 5.74) is 1.11. The van der Waals surface area contributed by atoms with Gasteiger partial charge < -0.3 is 19.5 Å². The van der Waals surface area contributed by atoms with Crippen molar-refractivity contribution in [2.45, 2.75) is 32.2 Å². The van der Waals surface area contributed by atoms with Crippen LogP contribution in [0.2, 0.25) is 0 Å². The number of hydrogen-bond donors (Lipinski definition) is 1. The van der Waals surface area contributed by atoms with Gasteiger partial charge in [0.15, 0.2) is 11.5 Å². The number of hydrogen-bond acceptors (Lipinski definition) is 5. The van der Waals surface area contributed by atoms with E-state index in [9.17, 15) is 4.79 Å². The van der Waals surface area contributed by atoms with Crippen molar-refractivity contribution in [2.24, 2.45) is 0 Å². The molecule has 1 saturated heterocycles. The van der Waals surface area contributed by atoms with E-state index < -0.39 is 0 Å². The van der Waals surface area contributed by atoms with Crippen LogP contribution in [0.25, 0.3) is 0 Å². The van der Waals surface area contributed by atoms with Crippen molar-refractivity contribution < 1.29 is 19.0 Å². The number of rotatable bonds is 9. The van der Waals surface area contributed by atoms with E-state index in [4.69, 9.17) is 14.2 Å². The summed E-state index contributed by atoms with van der Waals surface area (Å²) in [5, 5.41) is 3.09. The predicted molar refractivity (Wildman–Crippen MR) is 97.2 cm³/mol. The molecule has 1 fully saturated rings. The lowest BCUT2D eigenvalue weighted by Crippen LogP contribution is -2.43. The Bertz CT molecular complexity index is 544. The number of benzene rings is 1. The highest BCUT2D eigenvalue weighted by molar-refractivity contribution is 5.75. The van der Waals surface area contributed by atoms with E-state index in [0.717, 1.165) is 31.5 Å². The zero-order valence-electron chi connectivity index (χ0n) is 15.5. The fraction of sp³-hybridized carbons (Fsp3) is 0.632. The summed E-state index contributed by atoms with van der Waals surface area (Å²) >= 11 is 0. The molecule has 0 bridgehead atoms. The first-order valence-electron chi connectivity index (χ1n) is 9.00. The molecular weight excluding hydrogens is 320 g/mol. The Kier molecular flexibility index (Phi) is 8.01. The maximum absolute atomic E-state index is 12.0. The van der Waals surface area contributed by atoms with Gasteiger partial charge in [-0.3, -0.25) is 9.69 Å². The van der Waals surface area contributed by atoms with E-state index >= 15 is 0 Å². The van der Waals surface area contributed by atoms with Crippen molar-refractivity contribution in [1.82, 2.24) is 10.2 Å². The summed E-state index contributed by atoms with van der Waals surface area (Å²) in [6.07, 6.45) is 2.53. The first-order valence-corrected chi connectivity index (χ1v) is 9.00. The van der Waals surface area contributed by atoms with Gasteiger partial charge in [-0.25, -0.2) is 0 Å². The number of morpholine rings is 1. The highest BCUT2D eigenvalue weighted by Crippen LogP contribution is 2.32. The minimum atomic E-state index is 0.0919. The molecule has 1 N–H and O–H groups in total. The summed E-state index contributed by atoms with van der Waals surface area (Å²) in [6.45, 7) is 5.81. The molecule has 1 aromatic rings. The summed E-state index contributed by atoms with van der Waals surface area (Å²) in [4.78, 5) is 14.4. The van der Waals surface area contributed by atoms with Crippen LogP contribution in [0.5, 0.6) is 11.5 Å². The van der Waals surface area contributed by atoms with Crippen molar-refractivity contribution in [2.75, 3.05) is 47.1 Å². The average molecular weight is 350 g/mol. The second kappa shape index (κ2) is 10.3. The van der Waals surface area contributed by atoms with Crippen molar-refractivity contribution in [3.8, 4) is 11.5 Å². The van der Waals surface area contributed by atoms with Crippen LogP contribution in [0.4, 0.5) is 0 Å². The lowest BCUT2D eigenvalue weighted by atomic mass is 10.0. The van der Waals surface area contributed by atoms with Gasteiger partial charge >= 0.3 is 0 Å². The molecule has 140 valence electrons. The van der Waals surface area contributed by atoms with Gasteiger partial charge in [0.2, 0.25) is 5.91 Å². The first-order chi connectivity index (χ1) is 12.2. The van der Waals surface area contributed by atoms with Gasteiger partial charge in [0.05, 0.1) is 33.5 Å². The standard InChI is InChI=1S/C19H30N2O4/c1-4-5-6-19(22)20-14-16(21-9-11-25-12-10-21)15-7-8-17(23-2)18(13-15)24-3/h7-8,13,16H,4-6,9-12,14H2,1-3H3,(H,20,22). The Balaban J connectivity index is 2.14. The van der Waals surface area contributed by atoms with Gasteiger partial charge in [0.25, 0.3) is 0 Å². The molecule has 0 radical (unpaired) electrons. The van der Waals surface area contributed by atoms with Crippen LogP contribution < -0.4 is 14.8 Å². The molecular formula is C19H30N2O4. The van der Waals surface area contributed by atoms with Crippen molar-refractivity contribution in [1.29, 1.82) is 0 Å². The number of ether oxygens (including phenoxy) is 3. The number of nitrogens with one attached hydrogen (secondary N) is 1. The second-order valence-electron chi connectivity index (χ2n) is 6.19. The number of nitrogens with zero attached hydrogens (tertiary/aromatic N) is 1. The highest BCUT2D eigenvalue weighted by Gasteiger charge is 2.24. The Hall–Kier alpha value is -1.79. The Morgan fingerprint density at radius 3 is 2.60 bits per heavy atom. The van der Waals surface area contributed by atoms with E-state index in [1.165, 1.54) is 0 Å². The fourth-order valence-corrected chi connectivity index (χ4v) is 3.04. The lowest BCUT2D eigenvalue weighted by Gasteiger charge is -2.35. The normalized spacial score (nSPS) is 16.3. The van der Waals surface area contributed by atoms with Crippen LogP contribution in [-0.2, 0) is 9.53 Å². The van der Waals surface area contributed by atoms with Crippen molar-refractivity contribution in [3.63, 3.8) is 0 Å². The molecule has 0 saturated carbocycles. The van der Waals surface area contributed by atoms with Gasteiger partial charge in [-0.2, -0.15) is 0 Å². The number of carbonyl (C=O) groups is 1. The number of carbonyl (C=O) groups excluding carboxylic acids is 1. The van der Waals surface area contributed by atoms with Crippen LogP contribution in [0, 0.1) is 0 Å². The predicted octanol–water partition coefficient (Wildman–Crippen LogP) is 2.38. The Morgan fingerprint density at radius 1 is 1.24 bits per heavy atom. The minimum Gasteiger partial charge on any atom is -0.493 e. The van der Waals surface area contributed by atoms with Crippen molar-refractivity contribution >= 4 is 5.91 Å². The lowest BCUT2D eigenvalue weighted by molar-refractivity contribution is -0.121. The van der Waals surface area contributed by atoms with Crippen LogP contribution in [0.15, 0.2) is 18.2 Å². The van der Waals surface area contributed by atoms with Crippen LogP contribution in [-0.4, -0.2) is 57.9 Å². The van der Waals surface area contributed by atoms with E-state index in [-0.39, 0.29) is 11.9 Å². The van der Waals surface area contributed by atoms with E-state index in [2.05, 4.69) is 17.1 Å². The van der Waals surface area contributed by atoms with Gasteiger partial charge in [-0.1, -0.05) is 19.4 Å². The summed E-state index contributed by atoms with van der Waals surface area (Å²) in [6, 6.07) is 6.05. The summed E-state index contributed by atoms with van der Waals surface area (Å²) in [5.74, 6) is 1.52. The van der Waals surface area contributed by atoms with Gasteiger partial charge in [0, 0.05) is 26.1 Å². The topological polar surface area (TPSA) is 60.0 Å². The molecule has 6 nitrogen and oxygen atoms in total. The minimum absolute atomic E-state index is 0.0919. The van der Waals surface area contributed by atoms with Crippen LogP contribution in [0.1, 0.15) is 37.8 Å². The smallest absolute Gasteiger partial charge is 0.220 e. The SMILES string of the molecule is CCCCC(=O)NCC(c1ccc(OC)c(OC)c1)N1CCOCC1. The zero-order valence-corrected chi connectivity index (χ0v) is 15.5. The number of unbranched alkanes of at least 4 members (excludes halogenated alkanes) is 1. The highest BCUT2D eigenvalue weighted by atomic mass is 16.5. The van der Waals surface area contributed by atoms with E-state index in [0.29, 0.717) is 37.7 Å². The molecule has 1 atom stereocenters. The fourth-order valence-electron chi connectivity index (χ4n) is 3.04. The molecule has 25 heavy (non-hydrogen) atoms. The molecule has 0 aromatic heterocycles. The quantitative estimate of drug-likeness (QED) is 0.741. The van der Waals surface area contributed by atoms with Crippen LogP contribution >= 0.6 is 0 Å². The van der Waals surface area contributed by atoms with Gasteiger partial charge in [-0.05, 0) is 24.1 Å². The largest absolute Gasteiger partial charge is 0.493 e. The molecule has 1 heterocycles. The molecule has 1 aromatic carbocycles. The molecule has 1 amide bonds. The summed E-state index contributed by atoms with van der Waals surface area (Å²) < 4.78 is 16.2. The molecule has 1 unspecified atom stereocenters. The summed E-state index contributed by atoms with van der Waals surface area (Å²) in [7, 11) is 3.27. The van der Waals surface area contributed by atoms with E-state index in [1.807, 2.05) is 18.2 Å². The monoisotopic (exact) mass is 350 g/mol.